The first-order valence-corrected chi connectivity index (χ1v) is 7.94. The van der Waals surface area contributed by atoms with Crippen LogP contribution < -0.4 is 5.32 Å². The number of hydrogen-bond donors (Lipinski definition) is 1. The van der Waals surface area contributed by atoms with Crippen molar-refractivity contribution in [3.05, 3.63) is 75.8 Å². The van der Waals surface area contributed by atoms with E-state index in [1.54, 1.807) is 22.9 Å². The third kappa shape index (κ3) is 4.19. The number of aryl methyl sites for hydroxylation is 1. The summed E-state index contributed by atoms with van der Waals surface area (Å²) >= 11 is 5.95. The van der Waals surface area contributed by atoms with Crippen LogP contribution >= 0.6 is 11.6 Å². The van der Waals surface area contributed by atoms with Gasteiger partial charge in [0.25, 0.3) is 5.91 Å². The molecule has 2 aromatic carbocycles. The van der Waals surface area contributed by atoms with E-state index >= 15 is 0 Å². The zero-order valence-electron chi connectivity index (χ0n) is 13.4. The van der Waals surface area contributed by atoms with Crippen LogP contribution in [0.4, 0.5) is 4.39 Å². The molecule has 0 atom stereocenters. The third-order valence-electron chi connectivity index (χ3n) is 3.71. The molecule has 6 nitrogen and oxygen atoms in total. The maximum absolute atomic E-state index is 13.0. The van der Waals surface area contributed by atoms with E-state index in [1.165, 1.54) is 12.1 Å². The molecule has 0 aliphatic heterocycles. The van der Waals surface area contributed by atoms with Crippen LogP contribution in [0.15, 0.2) is 42.5 Å². The summed E-state index contributed by atoms with van der Waals surface area (Å²) in [5.41, 5.74) is 2.16. The highest BCUT2D eigenvalue weighted by Gasteiger charge is 2.08. The fourth-order valence-corrected chi connectivity index (χ4v) is 2.51. The van der Waals surface area contributed by atoms with Crippen LogP contribution in [0.5, 0.6) is 0 Å². The molecule has 0 bridgehead atoms. The van der Waals surface area contributed by atoms with Crippen LogP contribution in [0.2, 0.25) is 5.02 Å². The van der Waals surface area contributed by atoms with Crippen LogP contribution in [-0.2, 0) is 13.1 Å². The lowest BCUT2D eigenvalue weighted by atomic mass is 10.1. The maximum Gasteiger partial charge on any atom is 0.251 e. The van der Waals surface area contributed by atoms with Crippen molar-refractivity contribution < 1.29 is 9.18 Å². The first kappa shape index (κ1) is 17.0. The van der Waals surface area contributed by atoms with Crippen molar-refractivity contribution in [2.24, 2.45) is 0 Å². The minimum atomic E-state index is -0.409. The summed E-state index contributed by atoms with van der Waals surface area (Å²) in [5.74, 6) is 0.0806. The monoisotopic (exact) mass is 359 g/mol. The van der Waals surface area contributed by atoms with E-state index in [0.717, 1.165) is 11.4 Å². The summed E-state index contributed by atoms with van der Waals surface area (Å²) < 4.78 is 14.7. The highest BCUT2D eigenvalue weighted by atomic mass is 35.5. The maximum atomic E-state index is 13.0. The number of nitrogens with one attached hydrogen (secondary N) is 1. The average Bonchev–Trinajstić information content (AvgIpc) is 2.99. The molecule has 3 aromatic rings. The summed E-state index contributed by atoms with van der Waals surface area (Å²) in [6, 6.07) is 11.2. The lowest BCUT2D eigenvalue weighted by Gasteiger charge is -2.08. The Hall–Kier alpha value is -2.80. The molecule has 0 saturated carbocycles. The number of nitrogens with zero attached hydrogens (tertiary/aromatic N) is 4. The van der Waals surface area contributed by atoms with E-state index < -0.39 is 5.82 Å². The Bertz CT molecular complexity index is 894. The van der Waals surface area contributed by atoms with Crippen molar-refractivity contribution >= 4 is 17.5 Å². The van der Waals surface area contributed by atoms with Gasteiger partial charge in [-0.25, -0.2) is 9.07 Å². The number of carbonyl (C=O) groups excluding carboxylic acids is 1. The van der Waals surface area contributed by atoms with Crippen LogP contribution in [0.1, 0.15) is 27.3 Å². The zero-order chi connectivity index (χ0) is 17.8. The molecular weight excluding hydrogens is 345 g/mol. The van der Waals surface area contributed by atoms with E-state index in [2.05, 4.69) is 20.8 Å². The first-order valence-electron chi connectivity index (χ1n) is 7.57. The Balaban J connectivity index is 1.61. The fraction of sp³-hybridized carbons (Fsp3) is 0.176. The smallest absolute Gasteiger partial charge is 0.251 e. The standard InChI is InChI=1S/C17H15ClFN5O/c1-11-21-22-23-24(11)10-12-2-4-13(5-3-12)17(25)20-9-14-6-7-15(19)8-16(14)18/h2-8H,9-10H2,1H3,(H,20,25). The molecule has 0 aliphatic carbocycles. The fourth-order valence-electron chi connectivity index (χ4n) is 2.27. The predicted octanol–water partition coefficient (Wildman–Crippen LogP) is 2.75. The summed E-state index contributed by atoms with van der Waals surface area (Å²) in [6.45, 7) is 2.58. The van der Waals surface area contributed by atoms with E-state index in [4.69, 9.17) is 11.6 Å². The number of aromatic nitrogens is 4. The minimum Gasteiger partial charge on any atom is -0.348 e. The van der Waals surface area contributed by atoms with Gasteiger partial charge in [-0.1, -0.05) is 29.8 Å². The highest BCUT2D eigenvalue weighted by Crippen LogP contribution is 2.17. The second-order valence-corrected chi connectivity index (χ2v) is 5.91. The van der Waals surface area contributed by atoms with Crippen molar-refractivity contribution in [1.82, 2.24) is 25.5 Å². The van der Waals surface area contributed by atoms with Gasteiger partial charge in [-0.2, -0.15) is 0 Å². The molecule has 0 radical (unpaired) electrons. The quantitative estimate of drug-likeness (QED) is 0.760. The van der Waals surface area contributed by atoms with Crippen LogP contribution in [-0.4, -0.2) is 26.1 Å². The number of benzene rings is 2. The molecule has 1 N–H and O–H groups in total. The Labute approximate surface area is 148 Å². The number of hydrogen-bond acceptors (Lipinski definition) is 4. The SMILES string of the molecule is Cc1nnnn1Cc1ccc(C(=O)NCc2ccc(F)cc2Cl)cc1. The Kier molecular flexibility index (Phi) is 5.04. The predicted molar refractivity (Wildman–Crippen MR) is 90.7 cm³/mol. The molecule has 1 heterocycles. The molecule has 25 heavy (non-hydrogen) atoms. The van der Waals surface area contributed by atoms with Gasteiger partial charge in [0, 0.05) is 17.1 Å². The van der Waals surface area contributed by atoms with Gasteiger partial charge < -0.3 is 5.32 Å². The van der Waals surface area contributed by atoms with Crippen LogP contribution in [0, 0.1) is 12.7 Å². The van der Waals surface area contributed by atoms with Gasteiger partial charge >= 0.3 is 0 Å². The van der Waals surface area contributed by atoms with E-state index in [9.17, 15) is 9.18 Å². The van der Waals surface area contributed by atoms with Crippen molar-refractivity contribution in [2.75, 3.05) is 0 Å². The molecular formula is C17H15ClFN5O. The van der Waals surface area contributed by atoms with Crippen molar-refractivity contribution in [2.45, 2.75) is 20.0 Å². The summed E-state index contributed by atoms with van der Waals surface area (Å²) in [7, 11) is 0. The number of amides is 1. The molecule has 1 amide bonds. The normalized spacial score (nSPS) is 10.7. The number of tetrazole rings is 1. The lowest BCUT2D eigenvalue weighted by Crippen LogP contribution is -2.23. The number of halogens is 2. The molecule has 8 heteroatoms. The minimum absolute atomic E-state index is 0.226. The Morgan fingerprint density at radius 3 is 2.64 bits per heavy atom. The molecule has 0 aliphatic rings. The number of rotatable bonds is 5. The Morgan fingerprint density at radius 1 is 1.24 bits per heavy atom. The molecule has 0 spiro atoms. The zero-order valence-corrected chi connectivity index (χ0v) is 14.2. The lowest BCUT2D eigenvalue weighted by molar-refractivity contribution is 0.0951. The van der Waals surface area contributed by atoms with Crippen molar-refractivity contribution in [3.63, 3.8) is 0 Å². The van der Waals surface area contributed by atoms with E-state index in [0.29, 0.717) is 17.7 Å². The second-order valence-electron chi connectivity index (χ2n) is 5.50. The van der Waals surface area contributed by atoms with E-state index in [-0.39, 0.29) is 17.5 Å². The molecule has 0 unspecified atom stereocenters. The molecule has 1 aromatic heterocycles. The third-order valence-corrected chi connectivity index (χ3v) is 4.07. The summed E-state index contributed by atoms with van der Waals surface area (Å²) in [5, 5.41) is 14.4. The van der Waals surface area contributed by atoms with Gasteiger partial charge in [-0.3, -0.25) is 4.79 Å². The van der Waals surface area contributed by atoms with Crippen molar-refractivity contribution in [3.8, 4) is 0 Å². The van der Waals surface area contributed by atoms with E-state index in [1.807, 2.05) is 19.1 Å². The summed E-state index contributed by atoms with van der Waals surface area (Å²) in [4.78, 5) is 12.2. The first-order chi connectivity index (χ1) is 12.0. The largest absolute Gasteiger partial charge is 0.348 e. The topological polar surface area (TPSA) is 72.7 Å². The average molecular weight is 360 g/mol. The van der Waals surface area contributed by atoms with Gasteiger partial charge in [0.2, 0.25) is 0 Å². The van der Waals surface area contributed by atoms with Gasteiger partial charge in [-0.15, -0.1) is 5.10 Å². The summed E-state index contributed by atoms with van der Waals surface area (Å²) in [6.07, 6.45) is 0. The van der Waals surface area contributed by atoms with Crippen molar-refractivity contribution in [1.29, 1.82) is 0 Å². The Morgan fingerprint density at radius 2 is 2.00 bits per heavy atom. The van der Waals surface area contributed by atoms with Gasteiger partial charge in [-0.05, 0) is 52.7 Å². The number of carbonyl (C=O) groups is 1. The van der Waals surface area contributed by atoms with Gasteiger partial charge in [0.1, 0.15) is 11.6 Å². The molecule has 0 fully saturated rings. The molecule has 128 valence electrons. The highest BCUT2D eigenvalue weighted by molar-refractivity contribution is 6.31. The molecule has 0 saturated heterocycles. The van der Waals surface area contributed by atoms with Crippen LogP contribution in [0.3, 0.4) is 0 Å². The second kappa shape index (κ2) is 7.40. The molecule has 3 rings (SSSR count). The van der Waals surface area contributed by atoms with Crippen LogP contribution in [0.25, 0.3) is 0 Å². The van der Waals surface area contributed by atoms with Gasteiger partial charge in [0.15, 0.2) is 0 Å². The van der Waals surface area contributed by atoms with Gasteiger partial charge in [0.05, 0.1) is 6.54 Å².